The number of fused-ring (bicyclic) bond motifs is 9. The molecule has 5 aromatic carbocycles. The SMILES string of the molecule is C1=CCC2C(=C1)Cc1ccc(-c3ccc4sc5cc(-n6c7ccccc7c7ccccc76)ccc5c4c3)cc12. The molecule has 0 N–H and O–H groups in total. The van der Waals surface area contributed by atoms with Crippen LogP contribution in [0.4, 0.5) is 0 Å². The van der Waals surface area contributed by atoms with Gasteiger partial charge in [0.25, 0.3) is 0 Å². The molecule has 2 aromatic heterocycles. The number of hydrogen-bond acceptors (Lipinski definition) is 1. The maximum absolute atomic E-state index is 2.45. The van der Waals surface area contributed by atoms with Crippen LogP contribution in [0.1, 0.15) is 23.5 Å². The first-order valence-electron chi connectivity index (χ1n) is 13.8. The summed E-state index contributed by atoms with van der Waals surface area (Å²) in [5.74, 6) is 0.565. The van der Waals surface area contributed by atoms with E-state index in [-0.39, 0.29) is 0 Å². The molecule has 39 heavy (non-hydrogen) atoms. The lowest BCUT2D eigenvalue weighted by Gasteiger charge is -2.15. The molecule has 1 atom stereocenters. The Hall–Kier alpha value is -4.40. The van der Waals surface area contributed by atoms with E-state index < -0.39 is 0 Å². The van der Waals surface area contributed by atoms with Crippen LogP contribution in [-0.2, 0) is 6.42 Å². The van der Waals surface area contributed by atoms with E-state index >= 15 is 0 Å². The lowest BCUT2D eigenvalue weighted by molar-refractivity contribution is 0.822. The number of hydrogen-bond donors (Lipinski definition) is 0. The van der Waals surface area contributed by atoms with Crippen LogP contribution in [0.5, 0.6) is 0 Å². The Morgan fingerprint density at radius 3 is 2.26 bits per heavy atom. The van der Waals surface area contributed by atoms with Gasteiger partial charge in [-0.2, -0.15) is 0 Å². The summed E-state index contributed by atoms with van der Waals surface area (Å²) in [6.45, 7) is 0. The Bertz CT molecular complexity index is 2130. The van der Waals surface area contributed by atoms with Gasteiger partial charge in [-0.3, -0.25) is 0 Å². The van der Waals surface area contributed by atoms with E-state index in [0.29, 0.717) is 5.92 Å². The molecular weight excluding hydrogens is 490 g/mol. The third kappa shape index (κ3) is 3.13. The summed E-state index contributed by atoms with van der Waals surface area (Å²) in [5.41, 5.74) is 11.0. The van der Waals surface area contributed by atoms with Crippen molar-refractivity contribution in [2.45, 2.75) is 18.8 Å². The van der Waals surface area contributed by atoms with E-state index in [9.17, 15) is 0 Å². The minimum Gasteiger partial charge on any atom is -0.309 e. The summed E-state index contributed by atoms with van der Waals surface area (Å²) in [6, 6.07) is 38.6. The van der Waals surface area contributed by atoms with Crippen molar-refractivity contribution in [3.63, 3.8) is 0 Å². The summed E-state index contributed by atoms with van der Waals surface area (Å²) in [4.78, 5) is 0. The van der Waals surface area contributed by atoms with E-state index in [2.05, 4.69) is 126 Å². The van der Waals surface area contributed by atoms with E-state index in [1.165, 1.54) is 69.9 Å². The molecule has 7 aromatic rings. The standard InChI is InChI=1S/C37H25NS/c1-2-8-28-25(7-1)19-26-14-13-23(20-32(26)28)24-15-18-36-33(21-24)31-17-16-27(22-37(31)39-36)38-34-11-5-3-9-29(34)30-10-4-6-12-35(30)38/h1-7,9-18,20-22,28H,8,19H2. The van der Waals surface area contributed by atoms with Gasteiger partial charge in [0.15, 0.2) is 0 Å². The van der Waals surface area contributed by atoms with Gasteiger partial charge in [0.1, 0.15) is 0 Å². The number of aromatic nitrogens is 1. The summed E-state index contributed by atoms with van der Waals surface area (Å²) < 4.78 is 5.09. The topological polar surface area (TPSA) is 4.93 Å². The molecular formula is C37H25NS. The van der Waals surface area contributed by atoms with Crippen LogP contribution in [0.3, 0.4) is 0 Å². The zero-order valence-corrected chi connectivity index (χ0v) is 22.2. The molecule has 184 valence electrons. The zero-order valence-electron chi connectivity index (χ0n) is 21.4. The van der Waals surface area contributed by atoms with E-state index in [1.54, 1.807) is 5.57 Å². The van der Waals surface area contributed by atoms with Crippen LogP contribution in [0.15, 0.2) is 127 Å². The van der Waals surface area contributed by atoms with Crippen molar-refractivity contribution in [1.82, 2.24) is 4.57 Å². The van der Waals surface area contributed by atoms with Gasteiger partial charge in [-0.05, 0) is 71.5 Å². The monoisotopic (exact) mass is 515 g/mol. The first-order valence-corrected chi connectivity index (χ1v) is 14.6. The molecule has 2 heterocycles. The van der Waals surface area contributed by atoms with E-state index in [4.69, 9.17) is 0 Å². The molecule has 2 heteroatoms. The van der Waals surface area contributed by atoms with Crippen LogP contribution in [0, 0.1) is 0 Å². The molecule has 9 rings (SSSR count). The Morgan fingerprint density at radius 1 is 0.641 bits per heavy atom. The highest BCUT2D eigenvalue weighted by atomic mass is 32.1. The lowest BCUT2D eigenvalue weighted by atomic mass is 9.89. The third-order valence-electron chi connectivity index (χ3n) is 8.81. The van der Waals surface area contributed by atoms with Crippen molar-refractivity contribution in [1.29, 1.82) is 0 Å². The van der Waals surface area contributed by atoms with Crippen LogP contribution in [0.25, 0.3) is 58.8 Å². The zero-order chi connectivity index (χ0) is 25.5. The van der Waals surface area contributed by atoms with Gasteiger partial charge in [-0.25, -0.2) is 0 Å². The van der Waals surface area contributed by atoms with Crippen molar-refractivity contribution >= 4 is 53.3 Å². The summed E-state index contributed by atoms with van der Waals surface area (Å²) in [6.07, 6.45) is 9.09. The fourth-order valence-corrected chi connectivity index (χ4v) is 8.07. The van der Waals surface area contributed by atoms with Gasteiger partial charge >= 0.3 is 0 Å². The van der Waals surface area contributed by atoms with Gasteiger partial charge < -0.3 is 4.57 Å². The Balaban J connectivity index is 1.18. The molecule has 0 fully saturated rings. The molecule has 0 saturated carbocycles. The predicted molar refractivity (Wildman–Crippen MR) is 167 cm³/mol. The molecule has 0 bridgehead atoms. The molecule has 1 nitrogen and oxygen atoms in total. The molecule has 0 amide bonds. The molecule has 1 unspecified atom stereocenters. The number of nitrogens with zero attached hydrogens (tertiary/aromatic N) is 1. The number of rotatable bonds is 2. The molecule has 0 saturated heterocycles. The quantitative estimate of drug-likeness (QED) is 0.216. The first kappa shape index (κ1) is 21.5. The summed E-state index contributed by atoms with van der Waals surface area (Å²) in [7, 11) is 0. The second-order valence-corrected chi connectivity index (χ2v) is 12.0. The van der Waals surface area contributed by atoms with Crippen LogP contribution >= 0.6 is 11.3 Å². The highest BCUT2D eigenvalue weighted by molar-refractivity contribution is 7.25. The van der Waals surface area contributed by atoms with E-state index in [0.717, 1.165) is 12.8 Å². The minimum absolute atomic E-state index is 0.565. The third-order valence-corrected chi connectivity index (χ3v) is 9.94. The second kappa shape index (κ2) is 8.05. The number of thiophene rings is 1. The fraction of sp³-hybridized carbons (Fsp3) is 0.0811. The van der Waals surface area contributed by atoms with E-state index in [1.807, 2.05) is 11.3 Å². The molecule has 0 radical (unpaired) electrons. The Kier molecular flexibility index (Phi) is 4.44. The van der Waals surface area contributed by atoms with Gasteiger partial charge in [0.05, 0.1) is 11.0 Å². The van der Waals surface area contributed by atoms with Crippen LogP contribution < -0.4 is 0 Å². The van der Waals surface area contributed by atoms with Gasteiger partial charge in [-0.15, -0.1) is 11.3 Å². The normalized spacial score (nSPS) is 16.3. The molecule has 2 aliphatic carbocycles. The number of para-hydroxylation sites is 2. The number of allylic oxidation sites excluding steroid dienone is 4. The summed E-state index contributed by atoms with van der Waals surface area (Å²) in [5, 5.41) is 5.29. The van der Waals surface area contributed by atoms with Gasteiger partial charge in [-0.1, -0.05) is 90.5 Å². The first-order chi connectivity index (χ1) is 19.3. The predicted octanol–water partition coefficient (Wildman–Crippen LogP) is 10.3. The average molecular weight is 516 g/mol. The largest absolute Gasteiger partial charge is 0.309 e. The molecule has 0 aliphatic heterocycles. The van der Waals surface area contributed by atoms with Crippen molar-refractivity contribution in [3.8, 4) is 16.8 Å². The number of benzene rings is 5. The van der Waals surface area contributed by atoms with Gasteiger partial charge in [0.2, 0.25) is 0 Å². The highest BCUT2D eigenvalue weighted by Crippen LogP contribution is 2.44. The van der Waals surface area contributed by atoms with Crippen molar-refractivity contribution in [2.75, 3.05) is 0 Å². The Morgan fingerprint density at radius 2 is 1.41 bits per heavy atom. The highest BCUT2D eigenvalue weighted by Gasteiger charge is 2.27. The lowest BCUT2D eigenvalue weighted by Crippen LogP contribution is -1.97. The van der Waals surface area contributed by atoms with Crippen LogP contribution in [-0.4, -0.2) is 4.57 Å². The molecule has 2 aliphatic rings. The summed E-state index contributed by atoms with van der Waals surface area (Å²) >= 11 is 1.89. The fourth-order valence-electron chi connectivity index (χ4n) is 6.95. The maximum Gasteiger partial charge on any atom is 0.0541 e. The van der Waals surface area contributed by atoms with Crippen molar-refractivity contribution < 1.29 is 0 Å². The van der Waals surface area contributed by atoms with Crippen LogP contribution in [0.2, 0.25) is 0 Å². The second-order valence-electron chi connectivity index (χ2n) is 10.9. The van der Waals surface area contributed by atoms with Gasteiger partial charge in [0, 0.05) is 42.6 Å². The maximum atomic E-state index is 2.45. The Labute approximate surface area is 230 Å². The van der Waals surface area contributed by atoms with Crippen molar-refractivity contribution in [2.24, 2.45) is 0 Å². The average Bonchev–Trinajstić information content (AvgIpc) is 3.65. The molecule has 0 spiro atoms. The minimum atomic E-state index is 0.565. The smallest absolute Gasteiger partial charge is 0.0541 e. The van der Waals surface area contributed by atoms with Crippen molar-refractivity contribution in [3.05, 3.63) is 138 Å².